The Labute approximate surface area is 121 Å². The summed E-state index contributed by atoms with van der Waals surface area (Å²) in [5, 5.41) is 15.7. The first-order valence-corrected chi connectivity index (χ1v) is 7.09. The molecule has 1 heterocycles. The van der Waals surface area contributed by atoms with Crippen LogP contribution in [0.5, 0.6) is 0 Å². The van der Waals surface area contributed by atoms with Crippen LogP contribution in [0, 0.1) is 15.9 Å². The maximum atomic E-state index is 13.2. The number of benzene rings is 1. The van der Waals surface area contributed by atoms with Crippen molar-refractivity contribution in [2.45, 2.75) is 13.1 Å². The van der Waals surface area contributed by atoms with Gasteiger partial charge in [0.05, 0.1) is 11.0 Å². The van der Waals surface area contributed by atoms with E-state index >= 15 is 0 Å². The molecule has 0 atom stereocenters. The normalized spacial score (nSPS) is 10.6. The smallest absolute Gasteiger partial charge is 0.272 e. The summed E-state index contributed by atoms with van der Waals surface area (Å²) in [5.41, 5.74) is 0.331. The van der Waals surface area contributed by atoms with Crippen LogP contribution in [0.3, 0.4) is 0 Å². The van der Waals surface area contributed by atoms with Gasteiger partial charge in [0.2, 0.25) is 0 Å². The quantitative estimate of drug-likeness (QED) is 0.662. The van der Waals surface area contributed by atoms with Crippen molar-refractivity contribution < 1.29 is 9.31 Å². The third-order valence-electron chi connectivity index (χ3n) is 2.40. The van der Waals surface area contributed by atoms with Gasteiger partial charge in [0.25, 0.3) is 5.69 Å². The van der Waals surface area contributed by atoms with Crippen molar-refractivity contribution in [3.05, 3.63) is 60.5 Å². The molecule has 2 aromatic rings. The van der Waals surface area contributed by atoms with E-state index in [4.69, 9.17) is 0 Å². The second kappa shape index (κ2) is 6.23. The molecule has 19 heavy (non-hydrogen) atoms. The third-order valence-corrected chi connectivity index (χ3v) is 4.10. The number of rotatable bonds is 5. The zero-order valence-corrected chi connectivity index (χ0v) is 12.1. The van der Waals surface area contributed by atoms with Gasteiger partial charge in [-0.3, -0.25) is 10.1 Å². The van der Waals surface area contributed by atoms with Crippen LogP contribution < -0.4 is 5.32 Å². The fourth-order valence-electron chi connectivity index (χ4n) is 1.62. The molecule has 0 saturated heterocycles. The van der Waals surface area contributed by atoms with E-state index in [0.717, 1.165) is 15.4 Å². The lowest BCUT2D eigenvalue weighted by molar-refractivity contribution is -0.385. The van der Waals surface area contributed by atoms with Crippen LogP contribution in [0.4, 0.5) is 10.1 Å². The van der Waals surface area contributed by atoms with E-state index in [1.165, 1.54) is 12.1 Å². The number of nitro benzene ring substituents is 1. The van der Waals surface area contributed by atoms with Crippen molar-refractivity contribution in [2.75, 3.05) is 0 Å². The predicted octanol–water partition coefficient (Wildman–Crippen LogP) is 3.85. The zero-order chi connectivity index (χ0) is 13.8. The van der Waals surface area contributed by atoms with E-state index in [1.807, 2.05) is 11.4 Å². The van der Waals surface area contributed by atoms with Crippen LogP contribution >= 0.6 is 27.3 Å². The van der Waals surface area contributed by atoms with Gasteiger partial charge in [-0.1, -0.05) is 0 Å². The lowest BCUT2D eigenvalue weighted by Crippen LogP contribution is -2.12. The van der Waals surface area contributed by atoms with Crippen LogP contribution in [0.1, 0.15) is 10.4 Å². The first-order valence-electron chi connectivity index (χ1n) is 5.42. The number of nitro groups is 1. The van der Waals surface area contributed by atoms with Crippen molar-refractivity contribution >= 4 is 33.0 Å². The maximum absolute atomic E-state index is 13.2. The number of hydrogen-bond donors (Lipinski definition) is 1. The highest BCUT2D eigenvalue weighted by Crippen LogP contribution is 2.20. The van der Waals surface area contributed by atoms with Gasteiger partial charge < -0.3 is 5.32 Å². The van der Waals surface area contributed by atoms with Gasteiger partial charge >= 0.3 is 0 Å². The van der Waals surface area contributed by atoms with Crippen molar-refractivity contribution in [2.24, 2.45) is 0 Å². The molecule has 0 aliphatic heterocycles. The molecule has 7 heteroatoms. The molecule has 0 aliphatic carbocycles. The topological polar surface area (TPSA) is 55.2 Å². The Morgan fingerprint density at radius 2 is 2.11 bits per heavy atom. The van der Waals surface area contributed by atoms with E-state index < -0.39 is 10.7 Å². The molecule has 1 aromatic carbocycles. The average molecular weight is 345 g/mol. The Morgan fingerprint density at radius 3 is 2.74 bits per heavy atom. The summed E-state index contributed by atoms with van der Waals surface area (Å²) in [4.78, 5) is 11.2. The summed E-state index contributed by atoms with van der Waals surface area (Å²) in [5.74, 6) is -0.593. The summed E-state index contributed by atoms with van der Waals surface area (Å²) in [6.07, 6.45) is 0. The number of halogens is 2. The summed E-state index contributed by atoms with van der Waals surface area (Å²) in [6, 6.07) is 5.58. The fourth-order valence-corrected chi connectivity index (χ4v) is 3.04. The van der Waals surface area contributed by atoms with E-state index in [9.17, 15) is 14.5 Å². The number of hydrogen-bond acceptors (Lipinski definition) is 4. The Kier molecular flexibility index (Phi) is 4.62. The second-order valence-corrected chi connectivity index (χ2v) is 5.82. The molecule has 0 saturated carbocycles. The van der Waals surface area contributed by atoms with Crippen LogP contribution in [0.2, 0.25) is 0 Å². The SMILES string of the molecule is O=[N+]([O-])c1cc(F)cc(CNCc2cc(Br)cs2)c1. The molecule has 2 rings (SSSR count). The van der Waals surface area contributed by atoms with Crippen LogP contribution in [0.25, 0.3) is 0 Å². The van der Waals surface area contributed by atoms with Gasteiger partial charge in [-0.25, -0.2) is 4.39 Å². The maximum Gasteiger partial charge on any atom is 0.272 e. The van der Waals surface area contributed by atoms with Crippen molar-refractivity contribution in [1.29, 1.82) is 0 Å². The first kappa shape index (κ1) is 14.1. The molecule has 0 radical (unpaired) electrons. The molecule has 0 fully saturated rings. The predicted molar refractivity (Wildman–Crippen MR) is 75.6 cm³/mol. The summed E-state index contributed by atoms with van der Waals surface area (Å²) in [7, 11) is 0. The van der Waals surface area contributed by atoms with Gasteiger partial charge in [0.15, 0.2) is 0 Å². The lowest BCUT2D eigenvalue weighted by Gasteiger charge is -2.04. The Bertz CT molecular complexity index is 603. The molecular formula is C12H10BrFN2O2S. The molecule has 4 nitrogen and oxygen atoms in total. The molecule has 0 amide bonds. The summed E-state index contributed by atoms with van der Waals surface area (Å²) < 4.78 is 14.2. The van der Waals surface area contributed by atoms with E-state index in [2.05, 4.69) is 21.2 Å². The Morgan fingerprint density at radius 1 is 1.32 bits per heavy atom. The molecule has 0 spiro atoms. The zero-order valence-electron chi connectivity index (χ0n) is 9.73. The molecule has 0 unspecified atom stereocenters. The summed E-state index contributed by atoms with van der Waals surface area (Å²) >= 11 is 4.97. The Hall–Kier alpha value is -1.31. The standard InChI is InChI=1S/C12H10BrFN2O2S/c13-9-3-12(19-7-9)6-15-5-8-1-10(14)4-11(2-8)16(17)18/h1-4,7,15H,5-6H2. The molecule has 100 valence electrons. The molecular weight excluding hydrogens is 335 g/mol. The highest BCUT2D eigenvalue weighted by Gasteiger charge is 2.09. The highest BCUT2D eigenvalue weighted by molar-refractivity contribution is 9.10. The van der Waals surface area contributed by atoms with E-state index in [-0.39, 0.29) is 5.69 Å². The van der Waals surface area contributed by atoms with Gasteiger partial charge in [0, 0.05) is 33.9 Å². The third kappa shape index (κ3) is 4.09. The number of nitrogens with zero attached hydrogens (tertiary/aromatic N) is 1. The van der Waals surface area contributed by atoms with Gasteiger partial charge in [-0.2, -0.15) is 0 Å². The van der Waals surface area contributed by atoms with Gasteiger partial charge in [-0.05, 0) is 33.6 Å². The monoisotopic (exact) mass is 344 g/mol. The van der Waals surface area contributed by atoms with Gasteiger partial charge in [-0.15, -0.1) is 11.3 Å². The molecule has 0 aliphatic rings. The average Bonchev–Trinajstić information content (AvgIpc) is 2.74. The number of nitrogens with one attached hydrogen (secondary N) is 1. The number of thiophene rings is 1. The largest absolute Gasteiger partial charge is 0.308 e. The second-order valence-electron chi connectivity index (χ2n) is 3.91. The minimum Gasteiger partial charge on any atom is -0.308 e. The van der Waals surface area contributed by atoms with E-state index in [0.29, 0.717) is 18.7 Å². The van der Waals surface area contributed by atoms with Crippen molar-refractivity contribution in [3.63, 3.8) is 0 Å². The van der Waals surface area contributed by atoms with Crippen molar-refractivity contribution in [3.8, 4) is 0 Å². The first-order chi connectivity index (χ1) is 9.04. The minimum absolute atomic E-state index is 0.226. The Balaban J connectivity index is 1.97. The minimum atomic E-state index is -0.594. The highest BCUT2D eigenvalue weighted by atomic mass is 79.9. The van der Waals surface area contributed by atoms with Crippen LogP contribution in [-0.2, 0) is 13.1 Å². The molecule has 0 bridgehead atoms. The number of non-ortho nitro benzene ring substituents is 1. The van der Waals surface area contributed by atoms with Crippen molar-refractivity contribution in [1.82, 2.24) is 5.32 Å². The lowest BCUT2D eigenvalue weighted by atomic mass is 10.2. The van der Waals surface area contributed by atoms with Crippen LogP contribution in [-0.4, -0.2) is 4.92 Å². The molecule has 1 aromatic heterocycles. The van der Waals surface area contributed by atoms with Crippen LogP contribution in [0.15, 0.2) is 34.1 Å². The summed E-state index contributed by atoms with van der Waals surface area (Å²) in [6.45, 7) is 1.02. The van der Waals surface area contributed by atoms with Gasteiger partial charge in [0.1, 0.15) is 5.82 Å². The fraction of sp³-hybridized carbons (Fsp3) is 0.167. The van der Waals surface area contributed by atoms with E-state index in [1.54, 1.807) is 11.3 Å². The molecule has 1 N–H and O–H groups in total.